The first-order chi connectivity index (χ1) is 15.8. The van der Waals surface area contributed by atoms with Gasteiger partial charge in [-0.15, -0.1) is 0 Å². The second kappa shape index (κ2) is 9.23. The minimum absolute atomic E-state index is 0.0944. The van der Waals surface area contributed by atoms with Crippen LogP contribution in [-0.2, 0) is 19.2 Å². The zero-order valence-electron chi connectivity index (χ0n) is 18.7. The van der Waals surface area contributed by atoms with E-state index in [2.05, 4.69) is 22.9 Å². The fourth-order valence-corrected chi connectivity index (χ4v) is 4.14. The lowest BCUT2D eigenvalue weighted by molar-refractivity contribution is -0.164. The van der Waals surface area contributed by atoms with Gasteiger partial charge in [-0.05, 0) is 54.4 Å². The number of carboxylic acids is 1. The summed E-state index contributed by atoms with van der Waals surface area (Å²) in [6.07, 6.45) is -0.0721. The van der Waals surface area contributed by atoms with Gasteiger partial charge in [-0.25, -0.2) is 15.1 Å². The molecule has 1 fully saturated rings. The van der Waals surface area contributed by atoms with Crippen LogP contribution in [0.5, 0.6) is 0 Å². The van der Waals surface area contributed by atoms with Crippen LogP contribution in [0.1, 0.15) is 50.2 Å². The van der Waals surface area contributed by atoms with Crippen molar-refractivity contribution in [3.8, 4) is 11.1 Å². The normalized spacial score (nSPS) is 17.3. The van der Waals surface area contributed by atoms with E-state index in [1.54, 1.807) is 13.8 Å². The van der Waals surface area contributed by atoms with Gasteiger partial charge >= 0.3 is 12.1 Å². The number of hydroxylamine groups is 1. The molecule has 2 aromatic carbocycles. The van der Waals surface area contributed by atoms with Crippen LogP contribution in [0.3, 0.4) is 0 Å². The van der Waals surface area contributed by atoms with Crippen LogP contribution >= 0.6 is 0 Å². The van der Waals surface area contributed by atoms with Crippen molar-refractivity contribution in [2.45, 2.75) is 50.7 Å². The van der Waals surface area contributed by atoms with E-state index < -0.39 is 29.6 Å². The molecule has 0 heterocycles. The molecule has 4 rings (SSSR count). The number of carbonyl (C=O) groups excluding carboxylic acids is 2. The largest absolute Gasteiger partial charge is 0.479 e. The minimum atomic E-state index is -1.32. The van der Waals surface area contributed by atoms with E-state index in [4.69, 9.17) is 9.57 Å². The van der Waals surface area contributed by atoms with Crippen LogP contribution in [-0.4, -0.2) is 41.3 Å². The van der Waals surface area contributed by atoms with Gasteiger partial charge in [0.15, 0.2) is 6.10 Å². The lowest BCUT2D eigenvalue weighted by atomic mass is 9.98. The maximum atomic E-state index is 12.7. The van der Waals surface area contributed by atoms with Gasteiger partial charge in [0, 0.05) is 5.92 Å². The second-order valence-corrected chi connectivity index (χ2v) is 8.78. The van der Waals surface area contributed by atoms with E-state index in [9.17, 15) is 19.5 Å². The van der Waals surface area contributed by atoms with Crippen LogP contribution in [0.15, 0.2) is 48.5 Å². The average molecular weight is 453 g/mol. The second-order valence-electron chi connectivity index (χ2n) is 8.78. The zero-order chi connectivity index (χ0) is 23.6. The standard InChI is InChI=1S/C25H28N2O6/c1-3-25(2,23(30)27-33-21(22(28)29)15-12-13-15)26-24(31)32-14-20-18-10-6-4-8-16(18)17-9-5-7-11-19(17)20/h4-11,15,20-21H,3,12-14H2,1-2H3,(H,26,31)(H,27,30)(H,28,29). The molecule has 33 heavy (non-hydrogen) atoms. The van der Waals surface area contributed by atoms with Gasteiger partial charge in [-0.1, -0.05) is 55.5 Å². The first-order valence-electron chi connectivity index (χ1n) is 11.2. The van der Waals surface area contributed by atoms with Gasteiger partial charge in [0.05, 0.1) is 0 Å². The molecule has 2 aliphatic rings. The molecule has 2 atom stereocenters. The number of amides is 2. The fraction of sp³-hybridized carbons (Fsp3) is 0.400. The van der Waals surface area contributed by atoms with E-state index in [1.807, 2.05) is 36.4 Å². The monoisotopic (exact) mass is 452 g/mol. The Bertz CT molecular complexity index is 1020. The van der Waals surface area contributed by atoms with Crippen LogP contribution in [0.25, 0.3) is 11.1 Å². The summed E-state index contributed by atoms with van der Waals surface area (Å²) in [5.74, 6) is -1.96. The summed E-state index contributed by atoms with van der Waals surface area (Å²) < 4.78 is 5.53. The maximum Gasteiger partial charge on any atom is 0.408 e. The third-order valence-corrected chi connectivity index (χ3v) is 6.50. The quantitative estimate of drug-likeness (QED) is 0.501. The van der Waals surface area contributed by atoms with Gasteiger partial charge in [0.25, 0.3) is 5.91 Å². The van der Waals surface area contributed by atoms with Gasteiger partial charge < -0.3 is 15.2 Å². The SMILES string of the molecule is CCC(C)(NC(=O)OCC1c2ccccc2-c2ccccc21)C(=O)NOC(C(=O)O)C1CC1. The molecule has 3 N–H and O–H groups in total. The summed E-state index contributed by atoms with van der Waals surface area (Å²) in [4.78, 5) is 41.8. The first-order valence-corrected chi connectivity index (χ1v) is 11.2. The molecule has 174 valence electrons. The predicted octanol–water partition coefficient (Wildman–Crippen LogP) is 3.60. The number of fused-ring (bicyclic) bond motifs is 3. The van der Waals surface area contributed by atoms with Crippen LogP contribution < -0.4 is 10.8 Å². The predicted molar refractivity (Wildman–Crippen MR) is 120 cm³/mol. The van der Waals surface area contributed by atoms with Crippen molar-refractivity contribution in [1.82, 2.24) is 10.8 Å². The summed E-state index contributed by atoms with van der Waals surface area (Å²) in [5.41, 5.74) is 5.33. The molecule has 8 heteroatoms. The third kappa shape index (κ3) is 4.71. The van der Waals surface area contributed by atoms with Crippen LogP contribution in [0.4, 0.5) is 4.79 Å². The maximum absolute atomic E-state index is 12.7. The Balaban J connectivity index is 1.37. The van der Waals surface area contributed by atoms with E-state index in [1.165, 1.54) is 0 Å². The molecule has 8 nitrogen and oxygen atoms in total. The summed E-state index contributed by atoms with van der Waals surface area (Å²) in [6.45, 7) is 3.40. The van der Waals surface area contributed by atoms with E-state index in [0.717, 1.165) is 35.1 Å². The minimum Gasteiger partial charge on any atom is -0.479 e. The number of nitrogens with one attached hydrogen (secondary N) is 2. The molecule has 0 spiro atoms. The molecule has 2 amide bonds. The Hall–Kier alpha value is -3.39. The van der Waals surface area contributed by atoms with Crippen molar-refractivity contribution >= 4 is 18.0 Å². The lowest BCUT2D eigenvalue weighted by Gasteiger charge is -2.28. The molecule has 0 saturated heterocycles. The topological polar surface area (TPSA) is 114 Å². The zero-order valence-corrected chi connectivity index (χ0v) is 18.7. The van der Waals surface area contributed by atoms with Gasteiger partial charge in [-0.2, -0.15) is 0 Å². The summed E-state index contributed by atoms with van der Waals surface area (Å²) in [6, 6.07) is 16.1. The number of benzene rings is 2. The molecule has 2 unspecified atom stereocenters. The number of carbonyl (C=O) groups is 3. The molecular formula is C25H28N2O6. The number of aliphatic carboxylic acids is 1. The highest BCUT2D eigenvalue weighted by molar-refractivity contribution is 5.89. The Labute approximate surface area is 192 Å². The van der Waals surface area contributed by atoms with E-state index >= 15 is 0 Å². The fourth-order valence-electron chi connectivity index (χ4n) is 4.14. The Morgan fingerprint density at radius 3 is 2.15 bits per heavy atom. The highest BCUT2D eigenvalue weighted by Gasteiger charge is 2.40. The Kier molecular flexibility index (Phi) is 6.37. The molecule has 0 aliphatic heterocycles. The smallest absolute Gasteiger partial charge is 0.408 e. The van der Waals surface area contributed by atoms with Crippen molar-refractivity contribution in [3.63, 3.8) is 0 Å². The molecule has 2 aromatic rings. The van der Waals surface area contributed by atoms with Gasteiger partial charge in [0.2, 0.25) is 0 Å². The Morgan fingerprint density at radius 2 is 1.64 bits per heavy atom. The molecule has 1 saturated carbocycles. The van der Waals surface area contributed by atoms with Crippen LogP contribution in [0.2, 0.25) is 0 Å². The summed E-state index contributed by atoms with van der Waals surface area (Å²) in [7, 11) is 0. The number of alkyl carbamates (subject to hydrolysis) is 1. The first kappa shape index (κ1) is 22.8. The van der Waals surface area contributed by atoms with Crippen molar-refractivity contribution in [2.75, 3.05) is 6.61 Å². The van der Waals surface area contributed by atoms with Crippen molar-refractivity contribution in [1.29, 1.82) is 0 Å². The van der Waals surface area contributed by atoms with Gasteiger partial charge in [-0.3, -0.25) is 9.63 Å². The lowest BCUT2D eigenvalue weighted by Crippen LogP contribution is -2.57. The molecule has 2 aliphatic carbocycles. The van der Waals surface area contributed by atoms with Crippen LogP contribution in [0, 0.1) is 5.92 Å². The van der Waals surface area contributed by atoms with Crippen molar-refractivity contribution in [3.05, 3.63) is 59.7 Å². The number of rotatable bonds is 9. The molecule has 0 bridgehead atoms. The molecule has 0 aromatic heterocycles. The van der Waals surface area contributed by atoms with E-state index in [0.29, 0.717) is 0 Å². The number of ether oxygens (including phenoxy) is 1. The number of carboxylic acid groups (broad SMARTS) is 1. The number of hydrogen-bond acceptors (Lipinski definition) is 5. The van der Waals surface area contributed by atoms with Crippen molar-refractivity contribution in [2.24, 2.45) is 5.92 Å². The molecular weight excluding hydrogens is 424 g/mol. The number of hydrogen-bond donors (Lipinski definition) is 3. The summed E-state index contributed by atoms with van der Waals surface area (Å²) >= 11 is 0. The highest BCUT2D eigenvalue weighted by atomic mass is 16.7. The van der Waals surface area contributed by atoms with Gasteiger partial charge in [0.1, 0.15) is 12.1 Å². The van der Waals surface area contributed by atoms with Crippen molar-refractivity contribution < 1.29 is 29.1 Å². The Morgan fingerprint density at radius 1 is 1.06 bits per heavy atom. The highest BCUT2D eigenvalue weighted by Crippen LogP contribution is 2.44. The van der Waals surface area contributed by atoms with E-state index in [-0.39, 0.29) is 24.9 Å². The molecule has 0 radical (unpaired) electrons. The summed E-state index contributed by atoms with van der Waals surface area (Å²) in [5, 5.41) is 11.9. The third-order valence-electron chi connectivity index (χ3n) is 6.50. The average Bonchev–Trinajstić information content (AvgIpc) is 3.59.